The zero-order chi connectivity index (χ0) is 23.2. The molecule has 0 spiro atoms. The smallest absolute Gasteiger partial charge is 0.216 e. The number of fused-ring (bicyclic) bond motifs is 3. The number of benzene rings is 3. The highest BCUT2D eigenvalue weighted by Gasteiger charge is 2.24. The van der Waals surface area contributed by atoms with E-state index in [0.717, 1.165) is 65.0 Å². The van der Waals surface area contributed by atoms with E-state index in [1.54, 1.807) is 6.07 Å². The van der Waals surface area contributed by atoms with Crippen LogP contribution >= 0.6 is 0 Å². The Bertz CT molecular complexity index is 1510. The maximum absolute atomic E-state index is 15.3. The summed E-state index contributed by atoms with van der Waals surface area (Å²) in [4.78, 5) is 0. The third-order valence-corrected chi connectivity index (χ3v) is 7.14. The summed E-state index contributed by atoms with van der Waals surface area (Å²) >= 11 is 0. The molecule has 0 atom stereocenters. The first-order valence-corrected chi connectivity index (χ1v) is 11.9. The van der Waals surface area contributed by atoms with Gasteiger partial charge < -0.3 is 9.15 Å². The van der Waals surface area contributed by atoms with Crippen molar-refractivity contribution in [2.24, 2.45) is 7.05 Å². The van der Waals surface area contributed by atoms with Crippen LogP contribution in [0, 0.1) is 12.7 Å². The van der Waals surface area contributed by atoms with Crippen LogP contribution in [-0.2, 0) is 11.8 Å². The molecule has 0 unspecified atom stereocenters. The van der Waals surface area contributed by atoms with E-state index in [-0.39, 0.29) is 5.82 Å². The number of rotatable bonds is 3. The van der Waals surface area contributed by atoms with Gasteiger partial charge in [-0.15, -0.1) is 0 Å². The number of ether oxygens (including phenoxy) is 1. The van der Waals surface area contributed by atoms with E-state index in [1.165, 1.54) is 5.56 Å². The number of aromatic nitrogens is 1. The number of aryl methyl sites for hydroxylation is 2. The van der Waals surface area contributed by atoms with Crippen LogP contribution in [-0.4, -0.2) is 13.2 Å². The average Bonchev–Trinajstić information content (AvgIpc) is 3.26. The van der Waals surface area contributed by atoms with Crippen molar-refractivity contribution in [2.75, 3.05) is 13.2 Å². The fourth-order valence-corrected chi connectivity index (χ4v) is 5.34. The zero-order valence-corrected chi connectivity index (χ0v) is 19.5. The van der Waals surface area contributed by atoms with Crippen molar-refractivity contribution in [1.29, 1.82) is 0 Å². The van der Waals surface area contributed by atoms with Crippen molar-refractivity contribution in [3.8, 4) is 22.4 Å². The molecule has 0 aliphatic carbocycles. The summed E-state index contributed by atoms with van der Waals surface area (Å²) in [5, 5.41) is 1.35. The van der Waals surface area contributed by atoms with Crippen molar-refractivity contribution in [3.05, 3.63) is 89.9 Å². The van der Waals surface area contributed by atoms with Gasteiger partial charge in [0, 0.05) is 36.3 Å². The molecule has 3 aromatic carbocycles. The lowest BCUT2D eigenvalue weighted by molar-refractivity contribution is -0.660. The second-order valence-corrected chi connectivity index (χ2v) is 9.24. The Morgan fingerprint density at radius 3 is 2.47 bits per heavy atom. The van der Waals surface area contributed by atoms with Gasteiger partial charge in [-0.05, 0) is 54.5 Å². The van der Waals surface area contributed by atoms with Gasteiger partial charge in [-0.2, -0.15) is 0 Å². The highest BCUT2D eigenvalue weighted by molar-refractivity contribution is 6.13. The predicted octanol–water partition coefficient (Wildman–Crippen LogP) is 7.09. The van der Waals surface area contributed by atoms with Gasteiger partial charge in [-0.1, -0.05) is 42.5 Å². The van der Waals surface area contributed by atoms with Crippen molar-refractivity contribution in [2.45, 2.75) is 25.7 Å². The molecule has 0 bridgehead atoms. The molecule has 3 nitrogen and oxygen atoms in total. The first-order valence-electron chi connectivity index (χ1n) is 11.9. The molecular weight excluding hydrogens is 425 g/mol. The van der Waals surface area contributed by atoms with Gasteiger partial charge >= 0.3 is 0 Å². The Morgan fingerprint density at radius 2 is 1.71 bits per heavy atom. The Kier molecular flexibility index (Phi) is 5.19. The quantitative estimate of drug-likeness (QED) is 0.273. The third kappa shape index (κ3) is 3.41. The fraction of sp³-hybridized carbons (Fsp3) is 0.233. The number of hydrogen-bond donors (Lipinski definition) is 0. The van der Waals surface area contributed by atoms with Crippen LogP contribution in [0.5, 0.6) is 0 Å². The number of para-hydroxylation sites is 1. The van der Waals surface area contributed by atoms with E-state index in [1.807, 2.05) is 55.1 Å². The van der Waals surface area contributed by atoms with E-state index in [4.69, 9.17) is 9.15 Å². The standard InChI is InChI=1S/C30H27FNO2/c1-19-18-25(31)28-24-7-5-6-23(22-11-9-20(10-12-22)21-13-16-33-17-14-21)29(24)34-30(28)27(19)26-8-3-4-15-32(26)2/h3-12,15,18,21H,13-14,16-17H2,1-2H3/q+1. The molecule has 1 saturated heterocycles. The molecular formula is C30H27FNO2+. The molecule has 5 aromatic rings. The Morgan fingerprint density at radius 1 is 0.912 bits per heavy atom. The lowest BCUT2D eigenvalue weighted by atomic mass is 9.90. The fourth-order valence-electron chi connectivity index (χ4n) is 5.34. The second-order valence-electron chi connectivity index (χ2n) is 9.24. The lowest BCUT2D eigenvalue weighted by Crippen LogP contribution is -2.30. The van der Waals surface area contributed by atoms with Crippen LogP contribution in [0.15, 0.2) is 77.3 Å². The van der Waals surface area contributed by atoms with E-state index in [0.29, 0.717) is 16.9 Å². The minimum atomic E-state index is -0.249. The molecule has 3 heterocycles. The summed E-state index contributed by atoms with van der Waals surface area (Å²) in [6, 6.07) is 22.4. The molecule has 0 radical (unpaired) electrons. The SMILES string of the molecule is Cc1cc(F)c2c(oc3c(-c4ccc(C5CCOCC5)cc4)cccc32)c1-c1cccc[n+]1C. The average molecular weight is 453 g/mol. The maximum atomic E-state index is 15.3. The van der Waals surface area contributed by atoms with Gasteiger partial charge in [-0.3, -0.25) is 0 Å². The van der Waals surface area contributed by atoms with Crippen LogP contribution in [0.1, 0.15) is 29.9 Å². The number of halogens is 1. The second kappa shape index (κ2) is 8.37. The number of pyridine rings is 1. The van der Waals surface area contributed by atoms with E-state index in [2.05, 4.69) is 30.3 Å². The van der Waals surface area contributed by atoms with Crippen LogP contribution in [0.2, 0.25) is 0 Å². The molecule has 1 fully saturated rings. The normalized spacial score (nSPS) is 14.8. The van der Waals surface area contributed by atoms with Gasteiger partial charge in [0.15, 0.2) is 11.8 Å². The minimum absolute atomic E-state index is 0.249. The van der Waals surface area contributed by atoms with Crippen molar-refractivity contribution in [1.82, 2.24) is 0 Å². The largest absolute Gasteiger partial charge is 0.454 e. The van der Waals surface area contributed by atoms with Crippen molar-refractivity contribution < 1.29 is 18.1 Å². The summed E-state index contributed by atoms with van der Waals surface area (Å²) < 4.78 is 29.4. The van der Waals surface area contributed by atoms with Crippen molar-refractivity contribution >= 4 is 21.9 Å². The van der Waals surface area contributed by atoms with Crippen LogP contribution in [0.25, 0.3) is 44.3 Å². The number of hydrogen-bond acceptors (Lipinski definition) is 2. The molecule has 34 heavy (non-hydrogen) atoms. The summed E-state index contributed by atoms with van der Waals surface area (Å²) in [6.45, 7) is 3.60. The summed E-state index contributed by atoms with van der Waals surface area (Å²) in [5.74, 6) is 0.302. The molecule has 170 valence electrons. The monoisotopic (exact) mass is 452 g/mol. The molecule has 2 aromatic heterocycles. The lowest BCUT2D eigenvalue weighted by Gasteiger charge is -2.22. The van der Waals surface area contributed by atoms with Gasteiger partial charge in [0.25, 0.3) is 0 Å². The summed E-state index contributed by atoms with van der Waals surface area (Å²) in [6.07, 6.45) is 4.13. The van der Waals surface area contributed by atoms with Crippen LogP contribution < -0.4 is 4.57 Å². The topological polar surface area (TPSA) is 26.2 Å². The van der Waals surface area contributed by atoms with E-state index < -0.39 is 0 Å². The summed E-state index contributed by atoms with van der Waals surface area (Å²) in [5.41, 5.74) is 7.50. The Balaban J connectivity index is 1.54. The Labute approximate surface area is 198 Å². The van der Waals surface area contributed by atoms with Gasteiger partial charge in [0.05, 0.1) is 10.9 Å². The minimum Gasteiger partial charge on any atom is -0.454 e. The van der Waals surface area contributed by atoms with Gasteiger partial charge in [0.1, 0.15) is 18.4 Å². The number of furan rings is 1. The van der Waals surface area contributed by atoms with Gasteiger partial charge in [-0.25, -0.2) is 8.96 Å². The zero-order valence-electron chi connectivity index (χ0n) is 19.5. The molecule has 1 aliphatic rings. The molecule has 0 amide bonds. The highest BCUT2D eigenvalue weighted by atomic mass is 19.1. The molecule has 0 saturated carbocycles. The predicted molar refractivity (Wildman–Crippen MR) is 133 cm³/mol. The first-order chi connectivity index (χ1) is 16.6. The van der Waals surface area contributed by atoms with Gasteiger partial charge in [0.2, 0.25) is 5.69 Å². The Hall–Kier alpha value is -3.50. The molecule has 4 heteroatoms. The molecule has 6 rings (SSSR count). The van der Waals surface area contributed by atoms with Crippen LogP contribution in [0.3, 0.4) is 0 Å². The van der Waals surface area contributed by atoms with Crippen LogP contribution in [0.4, 0.5) is 4.39 Å². The highest BCUT2D eigenvalue weighted by Crippen LogP contribution is 2.42. The molecule has 0 N–H and O–H groups in total. The van der Waals surface area contributed by atoms with E-state index in [9.17, 15) is 0 Å². The first kappa shape index (κ1) is 21.1. The number of nitrogens with zero attached hydrogens (tertiary/aromatic N) is 1. The summed E-state index contributed by atoms with van der Waals surface area (Å²) in [7, 11) is 2.00. The van der Waals surface area contributed by atoms with Crippen molar-refractivity contribution in [3.63, 3.8) is 0 Å². The van der Waals surface area contributed by atoms with E-state index >= 15 is 4.39 Å². The maximum Gasteiger partial charge on any atom is 0.216 e. The molecule has 1 aliphatic heterocycles. The third-order valence-electron chi connectivity index (χ3n) is 7.14.